The first kappa shape index (κ1) is 9.65. The maximum Gasteiger partial charge on any atom is 0.200 e. The number of hydrogen-bond donors (Lipinski definition) is 0. The molecule has 2 aromatic heterocycles. The third-order valence-electron chi connectivity index (χ3n) is 2.37. The van der Waals surface area contributed by atoms with E-state index in [4.69, 9.17) is 0 Å². The van der Waals surface area contributed by atoms with Crippen molar-refractivity contribution < 1.29 is 4.73 Å². The summed E-state index contributed by atoms with van der Waals surface area (Å²) in [4.78, 5) is 4.05. The van der Waals surface area contributed by atoms with Crippen LogP contribution in [0.4, 0.5) is 0 Å². The molecule has 0 fully saturated rings. The Morgan fingerprint density at radius 1 is 1.33 bits per heavy atom. The van der Waals surface area contributed by atoms with Crippen LogP contribution in [0.25, 0.3) is 11.1 Å². The predicted octanol–water partition coefficient (Wildman–Crippen LogP) is 1.94. The maximum atomic E-state index is 11.5. The maximum absolute atomic E-state index is 11.5. The largest absolute Gasteiger partial charge is 0.618 e. The Morgan fingerprint density at radius 2 is 2.20 bits per heavy atom. The van der Waals surface area contributed by atoms with Crippen LogP contribution < -0.4 is 4.73 Å². The van der Waals surface area contributed by atoms with E-state index < -0.39 is 0 Å². The second-order valence-electron chi connectivity index (χ2n) is 3.29. The molecule has 2 heterocycles. The number of pyridine rings is 2. The fraction of sp³-hybridized carbons (Fsp3) is 0.167. The average molecular weight is 200 g/mol. The molecule has 0 saturated carbocycles. The van der Waals surface area contributed by atoms with Crippen molar-refractivity contribution in [1.29, 1.82) is 0 Å². The lowest BCUT2D eigenvalue weighted by atomic mass is 10.0. The Bertz CT molecular complexity index is 454. The minimum absolute atomic E-state index is 0.717. The summed E-state index contributed by atoms with van der Waals surface area (Å²) < 4.78 is 0.919. The van der Waals surface area contributed by atoms with E-state index in [-0.39, 0.29) is 0 Å². The van der Waals surface area contributed by atoms with Gasteiger partial charge in [0.25, 0.3) is 0 Å². The van der Waals surface area contributed by atoms with E-state index in [1.165, 1.54) is 6.20 Å². The highest BCUT2D eigenvalue weighted by Crippen LogP contribution is 2.20. The van der Waals surface area contributed by atoms with Crippen LogP contribution in [-0.2, 0) is 6.42 Å². The molecule has 0 atom stereocenters. The molecule has 0 amide bonds. The molecule has 0 bridgehead atoms. The molecule has 0 unspecified atom stereocenters. The molecule has 0 aliphatic rings. The Balaban J connectivity index is 2.58. The van der Waals surface area contributed by atoms with E-state index in [9.17, 15) is 5.21 Å². The number of aromatic nitrogens is 2. The van der Waals surface area contributed by atoms with Crippen molar-refractivity contribution in [1.82, 2.24) is 4.98 Å². The molecule has 2 rings (SSSR count). The Hall–Kier alpha value is -1.90. The Morgan fingerprint density at radius 3 is 2.87 bits per heavy atom. The average Bonchev–Trinajstić information content (AvgIpc) is 2.30. The quantitative estimate of drug-likeness (QED) is 0.549. The van der Waals surface area contributed by atoms with Crippen LogP contribution in [0.2, 0.25) is 0 Å². The van der Waals surface area contributed by atoms with Crippen molar-refractivity contribution in [3.8, 4) is 11.1 Å². The minimum atomic E-state index is 0.717. The minimum Gasteiger partial charge on any atom is -0.618 e. The van der Waals surface area contributed by atoms with Crippen molar-refractivity contribution in [2.75, 3.05) is 0 Å². The molecule has 0 radical (unpaired) electrons. The van der Waals surface area contributed by atoms with Crippen LogP contribution in [-0.4, -0.2) is 4.98 Å². The molecule has 2 aromatic rings. The lowest BCUT2D eigenvalue weighted by Gasteiger charge is -2.07. The zero-order valence-corrected chi connectivity index (χ0v) is 8.55. The van der Waals surface area contributed by atoms with Gasteiger partial charge in [0.2, 0.25) is 0 Å². The third-order valence-corrected chi connectivity index (χ3v) is 2.37. The second-order valence-corrected chi connectivity index (χ2v) is 3.29. The molecule has 3 heteroatoms. The summed E-state index contributed by atoms with van der Waals surface area (Å²) in [5.74, 6) is 0. The Labute approximate surface area is 88.6 Å². The van der Waals surface area contributed by atoms with Gasteiger partial charge in [0.05, 0.1) is 5.56 Å². The number of hydrogen-bond acceptors (Lipinski definition) is 2. The lowest BCUT2D eigenvalue weighted by molar-refractivity contribution is -0.613. The molecular weight excluding hydrogens is 188 g/mol. The van der Waals surface area contributed by atoms with Gasteiger partial charge in [-0.3, -0.25) is 4.98 Å². The van der Waals surface area contributed by atoms with E-state index in [0.29, 0.717) is 6.42 Å². The number of nitrogens with zero attached hydrogens (tertiary/aromatic N) is 2. The van der Waals surface area contributed by atoms with Crippen molar-refractivity contribution in [2.24, 2.45) is 0 Å². The first-order valence-electron chi connectivity index (χ1n) is 4.94. The highest BCUT2D eigenvalue weighted by atomic mass is 16.5. The van der Waals surface area contributed by atoms with E-state index in [2.05, 4.69) is 4.98 Å². The van der Waals surface area contributed by atoms with Crippen LogP contribution in [0.3, 0.4) is 0 Å². The molecule has 0 saturated heterocycles. The number of rotatable bonds is 2. The topological polar surface area (TPSA) is 39.8 Å². The first-order chi connectivity index (χ1) is 7.33. The molecule has 0 aromatic carbocycles. The first-order valence-corrected chi connectivity index (χ1v) is 4.94. The SMILES string of the molecule is CCc1c(-c2cccnc2)ccc[n+]1[O-]. The van der Waals surface area contributed by atoms with Gasteiger partial charge in [-0.15, -0.1) is 0 Å². The fourth-order valence-corrected chi connectivity index (χ4v) is 1.65. The highest BCUT2D eigenvalue weighted by molar-refractivity contribution is 5.63. The predicted molar refractivity (Wildman–Crippen MR) is 58.0 cm³/mol. The fourth-order valence-electron chi connectivity index (χ4n) is 1.65. The van der Waals surface area contributed by atoms with Crippen LogP contribution in [0.1, 0.15) is 12.6 Å². The molecule has 0 aliphatic heterocycles. The smallest absolute Gasteiger partial charge is 0.200 e. The van der Waals surface area contributed by atoms with Crippen molar-refractivity contribution >= 4 is 0 Å². The summed E-state index contributed by atoms with van der Waals surface area (Å²) >= 11 is 0. The van der Waals surface area contributed by atoms with E-state index in [1.54, 1.807) is 18.5 Å². The second kappa shape index (κ2) is 4.09. The summed E-state index contributed by atoms with van der Waals surface area (Å²) in [5.41, 5.74) is 2.73. The standard InChI is InChI=1S/C12H12N2O/c1-2-12-11(6-4-8-14(12)15)10-5-3-7-13-9-10/h3-9H,2H2,1H3. The van der Waals surface area contributed by atoms with Gasteiger partial charge >= 0.3 is 0 Å². The lowest BCUT2D eigenvalue weighted by Crippen LogP contribution is -2.31. The summed E-state index contributed by atoms with van der Waals surface area (Å²) in [5, 5.41) is 11.5. The van der Waals surface area contributed by atoms with Gasteiger partial charge < -0.3 is 5.21 Å². The zero-order chi connectivity index (χ0) is 10.7. The van der Waals surface area contributed by atoms with Gasteiger partial charge in [-0.1, -0.05) is 13.0 Å². The molecule has 0 aliphatic carbocycles. The molecule has 0 spiro atoms. The summed E-state index contributed by atoms with van der Waals surface area (Å²) in [6, 6.07) is 7.54. The van der Waals surface area contributed by atoms with Gasteiger partial charge in [0.15, 0.2) is 11.9 Å². The van der Waals surface area contributed by atoms with Gasteiger partial charge in [-0.2, -0.15) is 4.73 Å². The molecule has 15 heavy (non-hydrogen) atoms. The molecule has 0 N–H and O–H groups in total. The van der Waals surface area contributed by atoms with Gasteiger partial charge in [-0.25, -0.2) is 0 Å². The zero-order valence-electron chi connectivity index (χ0n) is 8.55. The van der Waals surface area contributed by atoms with E-state index >= 15 is 0 Å². The van der Waals surface area contributed by atoms with Crippen molar-refractivity contribution in [2.45, 2.75) is 13.3 Å². The normalized spacial score (nSPS) is 10.2. The van der Waals surface area contributed by atoms with Gasteiger partial charge in [-0.05, 0) is 12.1 Å². The van der Waals surface area contributed by atoms with Gasteiger partial charge in [0, 0.05) is 30.4 Å². The van der Waals surface area contributed by atoms with E-state index in [1.807, 2.05) is 25.1 Å². The van der Waals surface area contributed by atoms with Gasteiger partial charge in [0.1, 0.15) is 0 Å². The molecule has 76 valence electrons. The third kappa shape index (κ3) is 1.81. The monoisotopic (exact) mass is 200 g/mol. The summed E-state index contributed by atoms with van der Waals surface area (Å²) in [6.07, 6.45) is 5.74. The van der Waals surface area contributed by atoms with Crippen molar-refractivity contribution in [3.05, 3.63) is 53.8 Å². The van der Waals surface area contributed by atoms with Crippen LogP contribution in [0, 0.1) is 5.21 Å². The van der Waals surface area contributed by atoms with Crippen LogP contribution in [0.5, 0.6) is 0 Å². The molecule has 3 nitrogen and oxygen atoms in total. The molecular formula is C12H12N2O. The Kier molecular flexibility index (Phi) is 2.63. The van der Waals surface area contributed by atoms with Crippen molar-refractivity contribution in [3.63, 3.8) is 0 Å². The summed E-state index contributed by atoms with van der Waals surface area (Å²) in [6.45, 7) is 1.98. The van der Waals surface area contributed by atoms with Crippen LogP contribution >= 0.6 is 0 Å². The highest BCUT2D eigenvalue weighted by Gasteiger charge is 2.11. The summed E-state index contributed by atoms with van der Waals surface area (Å²) in [7, 11) is 0. The van der Waals surface area contributed by atoms with E-state index in [0.717, 1.165) is 21.6 Å². The van der Waals surface area contributed by atoms with Crippen LogP contribution in [0.15, 0.2) is 42.9 Å².